The molecule has 1 nitrogen and oxygen atoms in total. The van der Waals surface area contributed by atoms with E-state index in [4.69, 9.17) is 0 Å². The summed E-state index contributed by atoms with van der Waals surface area (Å²) in [5, 5.41) is 0. The second kappa shape index (κ2) is 5.26. The fraction of sp³-hybridized carbons (Fsp3) is 1.00. The lowest BCUT2D eigenvalue weighted by Gasteiger charge is -2.29. The molecule has 2 heteroatoms. The van der Waals surface area contributed by atoms with Crippen LogP contribution in [0.1, 0.15) is 34.1 Å². The van der Waals surface area contributed by atoms with E-state index in [0.717, 1.165) is 17.9 Å². The molecule has 78 valence electrons. The van der Waals surface area contributed by atoms with Crippen molar-refractivity contribution >= 4 is 11.8 Å². The first-order valence-electron chi connectivity index (χ1n) is 5.47. The lowest BCUT2D eigenvalue weighted by atomic mass is 9.99. The molecule has 0 amide bonds. The van der Waals surface area contributed by atoms with Gasteiger partial charge in [0.15, 0.2) is 0 Å². The summed E-state index contributed by atoms with van der Waals surface area (Å²) in [4.78, 5) is 2.67. The van der Waals surface area contributed by atoms with Gasteiger partial charge in [0.2, 0.25) is 0 Å². The first-order chi connectivity index (χ1) is 6.15. The minimum Gasteiger partial charge on any atom is -0.290 e. The van der Waals surface area contributed by atoms with Crippen molar-refractivity contribution in [1.29, 1.82) is 0 Å². The van der Waals surface area contributed by atoms with E-state index in [2.05, 4.69) is 44.4 Å². The van der Waals surface area contributed by atoms with Gasteiger partial charge in [-0.05, 0) is 11.8 Å². The molecule has 0 bridgehead atoms. The summed E-state index contributed by atoms with van der Waals surface area (Å²) < 4.78 is 0. The first-order valence-corrected chi connectivity index (χ1v) is 6.62. The monoisotopic (exact) mass is 201 g/mol. The summed E-state index contributed by atoms with van der Waals surface area (Å²) in [5.41, 5.74) is 0. The molecule has 2 unspecified atom stereocenters. The molecule has 1 rings (SSSR count). The maximum absolute atomic E-state index is 2.67. The van der Waals surface area contributed by atoms with Crippen LogP contribution < -0.4 is 0 Å². The Balaban J connectivity index is 2.43. The van der Waals surface area contributed by atoms with Gasteiger partial charge in [0.25, 0.3) is 0 Å². The van der Waals surface area contributed by atoms with Crippen LogP contribution in [0, 0.1) is 11.8 Å². The maximum Gasteiger partial charge on any atom is 0.0448 e. The Morgan fingerprint density at radius 2 is 2.08 bits per heavy atom. The van der Waals surface area contributed by atoms with Crippen molar-refractivity contribution in [3.05, 3.63) is 0 Å². The van der Waals surface area contributed by atoms with Crippen LogP contribution in [0.15, 0.2) is 0 Å². The van der Waals surface area contributed by atoms with E-state index in [-0.39, 0.29) is 0 Å². The Labute approximate surface area is 87.3 Å². The molecule has 0 saturated carbocycles. The van der Waals surface area contributed by atoms with Gasteiger partial charge in [-0.1, -0.05) is 34.1 Å². The second-order valence-electron chi connectivity index (χ2n) is 4.62. The van der Waals surface area contributed by atoms with Gasteiger partial charge in [-0.15, -0.1) is 11.8 Å². The third kappa shape index (κ3) is 3.17. The topological polar surface area (TPSA) is 3.24 Å². The normalized spacial score (nSPS) is 27.0. The molecule has 1 aliphatic heterocycles. The number of thioether (sulfide) groups is 1. The second-order valence-corrected chi connectivity index (χ2v) is 5.62. The highest BCUT2D eigenvalue weighted by Crippen LogP contribution is 2.28. The van der Waals surface area contributed by atoms with Gasteiger partial charge in [0.05, 0.1) is 0 Å². The minimum atomic E-state index is 0.810. The third-order valence-electron chi connectivity index (χ3n) is 2.92. The van der Waals surface area contributed by atoms with Crippen LogP contribution in [0.25, 0.3) is 0 Å². The Bertz CT molecular complexity index is 147. The van der Waals surface area contributed by atoms with Gasteiger partial charge >= 0.3 is 0 Å². The summed E-state index contributed by atoms with van der Waals surface area (Å²) in [6, 6.07) is 0.845. The Morgan fingerprint density at radius 3 is 2.62 bits per heavy atom. The van der Waals surface area contributed by atoms with E-state index < -0.39 is 0 Å². The van der Waals surface area contributed by atoms with Crippen molar-refractivity contribution in [3.8, 4) is 0 Å². The highest BCUT2D eigenvalue weighted by atomic mass is 32.2. The third-order valence-corrected chi connectivity index (χ3v) is 4.01. The van der Waals surface area contributed by atoms with Crippen molar-refractivity contribution in [2.75, 3.05) is 18.2 Å². The Kier molecular flexibility index (Phi) is 4.60. The average Bonchev–Trinajstić information content (AvgIpc) is 2.50. The molecule has 2 atom stereocenters. The van der Waals surface area contributed by atoms with Crippen molar-refractivity contribution < 1.29 is 0 Å². The highest BCUT2D eigenvalue weighted by Gasteiger charge is 2.28. The largest absolute Gasteiger partial charge is 0.290 e. The zero-order valence-corrected chi connectivity index (χ0v) is 10.2. The summed E-state index contributed by atoms with van der Waals surface area (Å²) in [7, 11) is 0. The van der Waals surface area contributed by atoms with Crippen LogP contribution in [0.2, 0.25) is 0 Å². The number of nitrogens with zero attached hydrogens (tertiary/aromatic N) is 1. The van der Waals surface area contributed by atoms with Gasteiger partial charge < -0.3 is 0 Å². The Hall–Kier alpha value is 0.310. The fourth-order valence-corrected chi connectivity index (χ4v) is 3.36. The molecule has 0 spiro atoms. The van der Waals surface area contributed by atoms with E-state index in [9.17, 15) is 0 Å². The molecule has 0 aromatic rings. The molecular formula is C11H23NS. The smallest absolute Gasteiger partial charge is 0.0448 e. The zero-order valence-electron chi connectivity index (χ0n) is 9.42. The molecule has 1 aliphatic rings. The van der Waals surface area contributed by atoms with Crippen molar-refractivity contribution in [2.24, 2.45) is 11.8 Å². The van der Waals surface area contributed by atoms with Crippen molar-refractivity contribution in [1.82, 2.24) is 4.90 Å². The Morgan fingerprint density at radius 1 is 1.38 bits per heavy atom. The molecule has 0 N–H and O–H groups in total. The molecule has 0 radical (unpaired) electrons. The summed E-state index contributed by atoms with van der Waals surface area (Å²) in [6.07, 6.45) is 1.32. The molecule has 0 aromatic heterocycles. The predicted octanol–water partition coefficient (Wildman–Crippen LogP) is 3.06. The molecule has 1 fully saturated rings. The van der Waals surface area contributed by atoms with Gasteiger partial charge in [-0.2, -0.15) is 0 Å². The molecule has 1 saturated heterocycles. The lowest BCUT2D eigenvalue weighted by Crippen LogP contribution is -2.38. The molecular weight excluding hydrogens is 178 g/mol. The van der Waals surface area contributed by atoms with Gasteiger partial charge in [-0.3, -0.25) is 4.90 Å². The van der Waals surface area contributed by atoms with Crippen LogP contribution >= 0.6 is 11.8 Å². The van der Waals surface area contributed by atoms with E-state index in [1.54, 1.807) is 0 Å². The molecule has 1 heterocycles. The standard InChI is InChI=1S/C11H23NS/c1-5-10(4)11-7-13-8-12(11)6-9(2)3/h9-11H,5-8H2,1-4H3. The number of rotatable bonds is 4. The van der Waals surface area contributed by atoms with E-state index >= 15 is 0 Å². The SMILES string of the molecule is CCC(C)C1CSCN1CC(C)C. The van der Waals surface area contributed by atoms with Gasteiger partial charge in [-0.25, -0.2) is 0 Å². The summed E-state index contributed by atoms with van der Waals surface area (Å²) in [6.45, 7) is 10.6. The predicted molar refractivity (Wildman–Crippen MR) is 62.1 cm³/mol. The van der Waals surface area contributed by atoms with Gasteiger partial charge in [0, 0.05) is 24.2 Å². The lowest BCUT2D eigenvalue weighted by molar-refractivity contribution is 0.185. The summed E-state index contributed by atoms with van der Waals surface area (Å²) in [5.74, 6) is 4.29. The van der Waals surface area contributed by atoms with E-state index in [1.165, 1.54) is 24.6 Å². The van der Waals surface area contributed by atoms with Crippen molar-refractivity contribution in [3.63, 3.8) is 0 Å². The van der Waals surface area contributed by atoms with Crippen LogP contribution in [0.3, 0.4) is 0 Å². The first kappa shape index (κ1) is 11.4. The van der Waals surface area contributed by atoms with Gasteiger partial charge in [0.1, 0.15) is 0 Å². The molecule has 0 aliphatic carbocycles. The highest BCUT2D eigenvalue weighted by molar-refractivity contribution is 7.99. The fourth-order valence-electron chi connectivity index (χ4n) is 1.95. The van der Waals surface area contributed by atoms with Crippen molar-refractivity contribution in [2.45, 2.75) is 40.2 Å². The number of hydrogen-bond donors (Lipinski definition) is 0. The zero-order chi connectivity index (χ0) is 9.84. The van der Waals surface area contributed by atoms with Crippen LogP contribution in [-0.2, 0) is 0 Å². The quantitative estimate of drug-likeness (QED) is 0.688. The van der Waals surface area contributed by atoms with E-state index in [1.807, 2.05) is 0 Å². The van der Waals surface area contributed by atoms with Crippen LogP contribution in [-0.4, -0.2) is 29.1 Å². The maximum atomic E-state index is 2.67. The molecule has 0 aromatic carbocycles. The van der Waals surface area contributed by atoms with E-state index in [0.29, 0.717) is 0 Å². The minimum absolute atomic E-state index is 0.810. The molecule has 13 heavy (non-hydrogen) atoms. The van der Waals surface area contributed by atoms with Crippen LogP contribution in [0.5, 0.6) is 0 Å². The summed E-state index contributed by atoms with van der Waals surface area (Å²) >= 11 is 2.10. The number of hydrogen-bond acceptors (Lipinski definition) is 2. The van der Waals surface area contributed by atoms with Crippen LogP contribution in [0.4, 0.5) is 0 Å². The average molecular weight is 201 g/mol.